The van der Waals surface area contributed by atoms with Gasteiger partial charge >= 0.3 is 0 Å². The first kappa shape index (κ1) is 18.0. The number of carbonyl (C=O) groups is 2. The van der Waals surface area contributed by atoms with Gasteiger partial charge in [0.25, 0.3) is 5.91 Å². The zero-order valence-corrected chi connectivity index (χ0v) is 16.9. The average Bonchev–Trinajstić information content (AvgIpc) is 3.26. The number of fused-ring (bicyclic) bond motifs is 3. The molecule has 0 radical (unpaired) electrons. The van der Waals surface area contributed by atoms with Crippen molar-refractivity contribution in [2.24, 2.45) is 34.8 Å². The summed E-state index contributed by atoms with van der Waals surface area (Å²) in [5.74, 6) is 1.69. The molecule has 3 aliphatic rings. The highest BCUT2D eigenvalue weighted by molar-refractivity contribution is 7.17. The van der Waals surface area contributed by atoms with E-state index < -0.39 is 5.91 Å². The van der Waals surface area contributed by atoms with Crippen LogP contribution < -0.4 is 11.1 Å². The predicted octanol–water partition coefficient (Wildman–Crippen LogP) is 4.37. The van der Waals surface area contributed by atoms with E-state index in [1.165, 1.54) is 24.1 Å². The summed E-state index contributed by atoms with van der Waals surface area (Å²) in [6.45, 7) is 6.84. The van der Waals surface area contributed by atoms with E-state index in [9.17, 15) is 9.59 Å². The van der Waals surface area contributed by atoms with Gasteiger partial charge < -0.3 is 11.1 Å². The van der Waals surface area contributed by atoms with Crippen LogP contribution in [0.3, 0.4) is 0 Å². The van der Waals surface area contributed by atoms with Crippen LogP contribution in [0.25, 0.3) is 0 Å². The van der Waals surface area contributed by atoms with Gasteiger partial charge in [0.15, 0.2) is 0 Å². The summed E-state index contributed by atoms with van der Waals surface area (Å²) in [6, 6.07) is 0. The SMILES string of the molecule is CC(C)(C)[C@H]1CCc2c(sc(NC(=O)[C@@H]3C[C@H]4CC[C@H]3C4)c2C(N)=O)C1. The van der Waals surface area contributed by atoms with Crippen molar-refractivity contribution >= 4 is 28.2 Å². The van der Waals surface area contributed by atoms with Crippen molar-refractivity contribution in [1.29, 1.82) is 0 Å². The lowest BCUT2D eigenvalue weighted by Crippen LogP contribution is -2.28. The summed E-state index contributed by atoms with van der Waals surface area (Å²) in [4.78, 5) is 26.2. The summed E-state index contributed by atoms with van der Waals surface area (Å²) in [6.07, 6.45) is 7.62. The second-order valence-electron chi connectivity index (χ2n) is 9.65. The minimum atomic E-state index is -0.403. The molecular weight excluding hydrogens is 344 g/mol. The molecule has 0 aromatic carbocycles. The molecule has 0 spiro atoms. The molecule has 0 saturated heterocycles. The minimum Gasteiger partial charge on any atom is -0.365 e. The van der Waals surface area contributed by atoms with E-state index in [1.54, 1.807) is 11.3 Å². The molecule has 26 heavy (non-hydrogen) atoms. The maximum Gasteiger partial charge on any atom is 0.251 e. The molecule has 4 nitrogen and oxygen atoms in total. The molecule has 142 valence electrons. The number of rotatable bonds is 3. The number of hydrogen-bond donors (Lipinski definition) is 2. The maximum atomic E-state index is 12.9. The fraction of sp³-hybridized carbons (Fsp3) is 0.714. The van der Waals surface area contributed by atoms with Crippen LogP contribution in [-0.2, 0) is 17.6 Å². The monoisotopic (exact) mass is 374 g/mol. The van der Waals surface area contributed by atoms with E-state index in [2.05, 4.69) is 26.1 Å². The molecule has 0 unspecified atom stereocenters. The second-order valence-corrected chi connectivity index (χ2v) is 10.8. The number of amides is 2. The Balaban J connectivity index is 1.58. The third-order valence-corrected chi connectivity index (χ3v) is 8.22. The fourth-order valence-corrected chi connectivity index (χ4v) is 6.78. The van der Waals surface area contributed by atoms with Crippen LogP contribution in [0.1, 0.15) is 73.7 Å². The van der Waals surface area contributed by atoms with Crippen LogP contribution in [0.2, 0.25) is 0 Å². The quantitative estimate of drug-likeness (QED) is 0.824. The van der Waals surface area contributed by atoms with Gasteiger partial charge in [-0.2, -0.15) is 0 Å². The Morgan fingerprint density at radius 2 is 1.92 bits per heavy atom. The van der Waals surface area contributed by atoms with Crippen LogP contribution in [0.15, 0.2) is 0 Å². The number of nitrogens with two attached hydrogens (primary N) is 1. The van der Waals surface area contributed by atoms with Gasteiger partial charge in [-0.1, -0.05) is 27.2 Å². The van der Waals surface area contributed by atoms with Crippen LogP contribution in [-0.4, -0.2) is 11.8 Å². The van der Waals surface area contributed by atoms with Crippen LogP contribution in [0.5, 0.6) is 0 Å². The Morgan fingerprint density at radius 1 is 1.15 bits per heavy atom. The summed E-state index contributed by atoms with van der Waals surface area (Å²) in [7, 11) is 0. The number of thiophene rings is 1. The smallest absolute Gasteiger partial charge is 0.251 e. The summed E-state index contributed by atoms with van der Waals surface area (Å²) >= 11 is 1.58. The van der Waals surface area contributed by atoms with E-state index in [1.807, 2.05) is 0 Å². The highest BCUT2D eigenvalue weighted by Gasteiger charge is 2.43. The number of primary amides is 1. The van der Waals surface area contributed by atoms with E-state index in [4.69, 9.17) is 5.73 Å². The first-order valence-electron chi connectivity index (χ1n) is 9.99. The lowest BCUT2D eigenvalue weighted by atomic mass is 9.72. The molecule has 1 aromatic heterocycles. The van der Waals surface area contributed by atoms with Crippen molar-refractivity contribution in [3.8, 4) is 0 Å². The lowest BCUT2D eigenvalue weighted by Gasteiger charge is -2.33. The zero-order valence-electron chi connectivity index (χ0n) is 16.1. The topological polar surface area (TPSA) is 72.2 Å². The largest absolute Gasteiger partial charge is 0.365 e. The van der Waals surface area contributed by atoms with Gasteiger partial charge in [0, 0.05) is 10.8 Å². The Hall–Kier alpha value is -1.36. The molecule has 3 aliphatic carbocycles. The van der Waals surface area contributed by atoms with Gasteiger partial charge in [-0.05, 0) is 67.3 Å². The van der Waals surface area contributed by atoms with Gasteiger partial charge in [0.2, 0.25) is 5.91 Å². The molecule has 1 aromatic rings. The van der Waals surface area contributed by atoms with E-state index in [-0.39, 0.29) is 17.2 Å². The van der Waals surface area contributed by atoms with Gasteiger partial charge in [-0.15, -0.1) is 11.3 Å². The molecule has 5 heteroatoms. The average molecular weight is 375 g/mol. The molecule has 0 aliphatic heterocycles. The molecule has 1 heterocycles. The number of carbonyl (C=O) groups excluding carboxylic acids is 2. The molecule has 2 amide bonds. The van der Waals surface area contributed by atoms with Gasteiger partial charge in [-0.3, -0.25) is 9.59 Å². The third-order valence-electron chi connectivity index (χ3n) is 7.05. The zero-order chi connectivity index (χ0) is 18.6. The van der Waals surface area contributed by atoms with E-state index >= 15 is 0 Å². The van der Waals surface area contributed by atoms with E-state index in [0.29, 0.717) is 22.4 Å². The summed E-state index contributed by atoms with van der Waals surface area (Å²) in [5.41, 5.74) is 7.63. The predicted molar refractivity (Wildman–Crippen MR) is 105 cm³/mol. The number of hydrogen-bond acceptors (Lipinski definition) is 3. The first-order valence-corrected chi connectivity index (χ1v) is 10.8. The molecule has 2 fully saturated rings. The van der Waals surface area contributed by atoms with Crippen LogP contribution >= 0.6 is 11.3 Å². The van der Waals surface area contributed by atoms with Crippen molar-refractivity contribution in [3.63, 3.8) is 0 Å². The Morgan fingerprint density at radius 3 is 2.50 bits per heavy atom. The third kappa shape index (κ3) is 3.08. The van der Waals surface area contributed by atoms with Crippen molar-refractivity contribution in [2.75, 3.05) is 5.32 Å². The fourth-order valence-electron chi connectivity index (χ4n) is 5.44. The standard InChI is InChI=1S/C21H30N2O2S/c1-21(2,3)13-6-7-14-16(10-13)26-20(17(14)18(22)24)23-19(25)15-9-11-4-5-12(15)8-11/h11-13,15H,4-10H2,1-3H3,(H2,22,24)(H,23,25)/t11-,12-,13-,15+/m0/s1. The highest BCUT2D eigenvalue weighted by atomic mass is 32.1. The van der Waals surface area contributed by atoms with Gasteiger partial charge in [-0.25, -0.2) is 0 Å². The molecule has 2 bridgehead atoms. The maximum absolute atomic E-state index is 12.9. The number of anilines is 1. The second kappa shape index (κ2) is 6.36. The first-order chi connectivity index (χ1) is 12.2. The molecule has 4 atom stereocenters. The molecule has 4 rings (SSSR count). The molecule has 3 N–H and O–H groups in total. The molecular formula is C21H30N2O2S. The van der Waals surface area contributed by atoms with Crippen molar-refractivity contribution < 1.29 is 9.59 Å². The van der Waals surface area contributed by atoms with Gasteiger partial charge in [0.05, 0.1) is 5.56 Å². The van der Waals surface area contributed by atoms with Crippen molar-refractivity contribution in [2.45, 2.75) is 65.7 Å². The Labute approximate surface area is 159 Å². The Bertz CT molecular complexity index is 746. The lowest BCUT2D eigenvalue weighted by molar-refractivity contribution is -0.121. The normalized spacial score (nSPS) is 30.3. The Kier molecular flexibility index (Phi) is 4.41. The van der Waals surface area contributed by atoms with Gasteiger partial charge in [0.1, 0.15) is 5.00 Å². The van der Waals surface area contributed by atoms with E-state index in [0.717, 1.165) is 37.2 Å². The van der Waals surface area contributed by atoms with Crippen molar-refractivity contribution in [3.05, 3.63) is 16.0 Å². The highest BCUT2D eigenvalue weighted by Crippen LogP contribution is 2.49. The number of nitrogens with one attached hydrogen (secondary N) is 1. The minimum absolute atomic E-state index is 0.102. The summed E-state index contributed by atoms with van der Waals surface area (Å²) in [5, 5.41) is 3.81. The van der Waals surface area contributed by atoms with Crippen LogP contribution in [0, 0.1) is 29.1 Å². The van der Waals surface area contributed by atoms with Crippen molar-refractivity contribution in [1.82, 2.24) is 0 Å². The van der Waals surface area contributed by atoms with Crippen LogP contribution in [0.4, 0.5) is 5.00 Å². The molecule has 2 saturated carbocycles. The summed E-state index contributed by atoms with van der Waals surface area (Å²) < 4.78 is 0.